The van der Waals surface area contributed by atoms with Gasteiger partial charge < -0.3 is 9.47 Å². The number of fused-ring (bicyclic) bond motifs is 1. The van der Waals surface area contributed by atoms with Crippen LogP contribution in [0.4, 0.5) is 0 Å². The van der Waals surface area contributed by atoms with E-state index in [1.54, 1.807) is 29.3 Å². The van der Waals surface area contributed by atoms with E-state index in [9.17, 15) is 4.79 Å². The molecule has 0 spiro atoms. The summed E-state index contributed by atoms with van der Waals surface area (Å²) < 4.78 is 2.81. The van der Waals surface area contributed by atoms with E-state index in [-0.39, 0.29) is 5.91 Å². The molecule has 0 aliphatic carbocycles. The largest absolute Gasteiger partial charge is 0.332 e. The van der Waals surface area contributed by atoms with Gasteiger partial charge in [-0.25, -0.2) is 4.98 Å². The lowest BCUT2D eigenvalue weighted by atomic mass is 10.2. The summed E-state index contributed by atoms with van der Waals surface area (Å²) in [4.78, 5) is 18.5. The van der Waals surface area contributed by atoms with Crippen molar-refractivity contribution in [2.45, 2.75) is 13.1 Å². The van der Waals surface area contributed by atoms with Gasteiger partial charge in [-0.15, -0.1) is 0 Å². The fourth-order valence-electron chi connectivity index (χ4n) is 2.16. The molecule has 1 aromatic heterocycles. The Hall–Kier alpha value is -1.33. The summed E-state index contributed by atoms with van der Waals surface area (Å²) in [5.74, 6) is 0.930. The summed E-state index contributed by atoms with van der Waals surface area (Å²) in [6.07, 6.45) is 3.71. The standard InChI is InChI=1S/C13H11BrClN3O/c14-10-7-9(1-2-11(10)15)13(19)18-6-5-17-4-3-16-12(17)8-18/h1-4,7H,5-6,8H2. The number of halogens is 2. The Morgan fingerprint density at radius 2 is 2.21 bits per heavy atom. The van der Waals surface area contributed by atoms with Crippen molar-refractivity contribution in [2.24, 2.45) is 0 Å². The maximum absolute atomic E-state index is 12.4. The summed E-state index contributed by atoms with van der Waals surface area (Å²) in [6.45, 7) is 2.03. The molecule has 2 heterocycles. The molecule has 3 rings (SSSR count). The van der Waals surface area contributed by atoms with Gasteiger partial charge in [0, 0.05) is 35.5 Å². The van der Waals surface area contributed by atoms with Crippen LogP contribution in [0.5, 0.6) is 0 Å². The molecule has 0 N–H and O–H groups in total. The lowest BCUT2D eigenvalue weighted by molar-refractivity contribution is 0.0707. The van der Waals surface area contributed by atoms with Gasteiger partial charge in [0.2, 0.25) is 0 Å². The van der Waals surface area contributed by atoms with Gasteiger partial charge in [0.25, 0.3) is 5.91 Å². The Morgan fingerprint density at radius 1 is 1.37 bits per heavy atom. The lowest BCUT2D eigenvalue weighted by Crippen LogP contribution is -2.38. The number of carbonyl (C=O) groups is 1. The minimum absolute atomic E-state index is 0.00613. The maximum atomic E-state index is 12.4. The molecule has 4 nitrogen and oxygen atoms in total. The Bertz CT molecular complexity index is 641. The van der Waals surface area contributed by atoms with Crippen molar-refractivity contribution in [1.29, 1.82) is 0 Å². The van der Waals surface area contributed by atoms with Crippen molar-refractivity contribution in [3.63, 3.8) is 0 Å². The molecule has 0 bridgehead atoms. The third-order valence-electron chi connectivity index (χ3n) is 3.20. The Balaban J connectivity index is 1.83. The zero-order valence-corrected chi connectivity index (χ0v) is 12.4. The van der Waals surface area contributed by atoms with Crippen LogP contribution < -0.4 is 0 Å². The molecule has 98 valence electrons. The second kappa shape index (κ2) is 4.98. The molecule has 19 heavy (non-hydrogen) atoms. The molecule has 2 aromatic rings. The first kappa shape index (κ1) is 12.7. The second-order valence-corrected chi connectivity index (χ2v) is 5.65. The summed E-state index contributed by atoms with van der Waals surface area (Å²) >= 11 is 9.28. The van der Waals surface area contributed by atoms with Gasteiger partial charge in [0.1, 0.15) is 5.82 Å². The van der Waals surface area contributed by atoms with Gasteiger partial charge in [0.05, 0.1) is 11.6 Å². The number of aromatic nitrogens is 2. The first-order chi connectivity index (χ1) is 9.15. The van der Waals surface area contributed by atoms with E-state index in [4.69, 9.17) is 11.6 Å². The normalized spacial score (nSPS) is 14.3. The first-order valence-corrected chi connectivity index (χ1v) is 7.06. The molecule has 1 aliphatic heterocycles. The Labute approximate surface area is 124 Å². The van der Waals surface area contributed by atoms with Crippen LogP contribution in [-0.2, 0) is 13.1 Å². The van der Waals surface area contributed by atoms with Crippen LogP contribution >= 0.6 is 27.5 Å². The zero-order chi connectivity index (χ0) is 13.4. The van der Waals surface area contributed by atoms with Crippen LogP contribution in [0.1, 0.15) is 16.2 Å². The number of hydrogen-bond acceptors (Lipinski definition) is 2. The van der Waals surface area contributed by atoms with Crippen LogP contribution in [0.3, 0.4) is 0 Å². The zero-order valence-electron chi connectivity index (χ0n) is 10.0. The number of nitrogens with zero attached hydrogens (tertiary/aromatic N) is 3. The third kappa shape index (κ3) is 2.40. The molecule has 1 amide bonds. The van der Waals surface area contributed by atoms with Crippen molar-refractivity contribution in [1.82, 2.24) is 14.5 Å². The fourth-order valence-corrected chi connectivity index (χ4v) is 2.65. The van der Waals surface area contributed by atoms with Crippen molar-refractivity contribution in [2.75, 3.05) is 6.54 Å². The topological polar surface area (TPSA) is 38.1 Å². The van der Waals surface area contributed by atoms with E-state index in [2.05, 4.69) is 25.5 Å². The van der Waals surface area contributed by atoms with E-state index < -0.39 is 0 Å². The molecule has 0 atom stereocenters. The van der Waals surface area contributed by atoms with Crippen LogP contribution in [-0.4, -0.2) is 26.9 Å². The van der Waals surface area contributed by atoms with Gasteiger partial charge in [-0.3, -0.25) is 4.79 Å². The molecular formula is C13H11BrClN3O. The predicted octanol–water partition coefficient (Wildman–Crippen LogP) is 2.96. The number of hydrogen-bond donors (Lipinski definition) is 0. The number of imidazole rings is 1. The van der Waals surface area contributed by atoms with E-state index >= 15 is 0 Å². The van der Waals surface area contributed by atoms with Crippen LogP contribution in [0.25, 0.3) is 0 Å². The molecular weight excluding hydrogens is 330 g/mol. The quantitative estimate of drug-likeness (QED) is 0.800. The smallest absolute Gasteiger partial charge is 0.254 e. The summed E-state index contributed by atoms with van der Waals surface area (Å²) in [5, 5.41) is 0.603. The first-order valence-electron chi connectivity index (χ1n) is 5.89. The molecule has 6 heteroatoms. The maximum Gasteiger partial charge on any atom is 0.254 e. The number of carbonyl (C=O) groups excluding carboxylic acids is 1. The molecule has 0 unspecified atom stereocenters. The monoisotopic (exact) mass is 339 g/mol. The highest BCUT2D eigenvalue weighted by Crippen LogP contribution is 2.24. The third-order valence-corrected chi connectivity index (χ3v) is 4.41. The molecule has 0 saturated heterocycles. The van der Waals surface area contributed by atoms with Crippen molar-refractivity contribution >= 4 is 33.4 Å². The average Bonchev–Trinajstić information content (AvgIpc) is 2.88. The predicted molar refractivity (Wildman–Crippen MR) is 76.1 cm³/mol. The Kier molecular flexibility index (Phi) is 3.33. The molecule has 0 fully saturated rings. The highest BCUT2D eigenvalue weighted by atomic mass is 79.9. The van der Waals surface area contributed by atoms with Crippen molar-refractivity contribution in [3.05, 3.63) is 51.5 Å². The molecule has 1 aromatic carbocycles. The Morgan fingerprint density at radius 3 is 3.00 bits per heavy atom. The van der Waals surface area contributed by atoms with Crippen LogP contribution in [0.15, 0.2) is 35.1 Å². The molecule has 0 radical (unpaired) electrons. The second-order valence-electron chi connectivity index (χ2n) is 4.39. The summed E-state index contributed by atoms with van der Waals surface area (Å²) in [6, 6.07) is 5.23. The minimum Gasteiger partial charge on any atom is -0.332 e. The fraction of sp³-hybridized carbons (Fsp3) is 0.231. The van der Waals surface area contributed by atoms with Crippen molar-refractivity contribution < 1.29 is 4.79 Å². The van der Waals surface area contributed by atoms with Crippen molar-refractivity contribution in [3.8, 4) is 0 Å². The van der Waals surface area contributed by atoms with Gasteiger partial charge in [-0.2, -0.15) is 0 Å². The average molecular weight is 341 g/mol. The lowest BCUT2D eigenvalue weighted by Gasteiger charge is -2.27. The minimum atomic E-state index is 0.00613. The number of rotatable bonds is 1. The summed E-state index contributed by atoms with van der Waals surface area (Å²) in [5.41, 5.74) is 0.635. The van der Waals surface area contributed by atoms with E-state index in [1.165, 1.54) is 0 Å². The van der Waals surface area contributed by atoms with Crippen LogP contribution in [0, 0.1) is 0 Å². The van der Waals surface area contributed by atoms with E-state index in [0.29, 0.717) is 23.7 Å². The molecule has 0 saturated carbocycles. The highest BCUT2D eigenvalue weighted by Gasteiger charge is 2.22. The van der Waals surface area contributed by atoms with Crippen LogP contribution in [0.2, 0.25) is 5.02 Å². The number of amides is 1. The van der Waals surface area contributed by atoms with Gasteiger partial charge in [-0.05, 0) is 34.1 Å². The highest BCUT2D eigenvalue weighted by molar-refractivity contribution is 9.10. The van der Waals surface area contributed by atoms with E-state index in [0.717, 1.165) is 16.8 Å². The van der Waals surface area contributed by atoms with Gasteiger partial charge in [-0.1, -0.05) is 11.6 Å². The van der Waals surface area contributed by atoms with Gasteiger partial charge in [0.15, 0.2) is 0 Å². The summed E-state index contributed by atoms with van der Waals surface area (Å²) in [7, 11) is 0. The number of benzene rings is 1. The molecule has 1 aliphatic rings. The van der Waals surface area contributed by atoms with Gasteiger partial charge >= 0.3 is 0 Å². The SMILES string of the molecule is O=C(c1ccc(Cl)c(Br)c1)N1CCn2ccnc2C1. The van der Waals surface area contributed by atoms with E-state index in [1.807, 2.05) is 6.20 Å².